The molecule has 2 aromatic rings. The second-order valence-electron chi connectivity index (χ2n) is 4.51. The molecule has 1 unspecified atom stereocenters. The van der Waals surface area contributed by atoms with Crippen molar-refractivity contribution in [1.82, 2.24) is 0 Å². The van der Waals surface area contributed by atoms with Crippen LogP contribution in [0.1, 0.15) is 17.2 Å². The summed E-state index contributed by atoms with van der Waals surface area (Å²) in [6.07, 6.45) is 0. The van der Waals surface area contributed by atoms with Crippen molar-refractivity contribution in [3.8, 4) is 17.2 Å². The number of rotatable bonds is 5. The zero-order valence-electron chi connectivity index (χ0n) is 12.2. The molecule has 0 aliphatic rings. The standard InChI is InChI=1S/C16H18BrNO3/c1-19-11-4-5-15(17)14(9-11)16(18)10-6-12(20-2)8-13(7-10)21-3/h4-9,16H,18H2,1-3H3. The van der Waals surface area contributed by atoms with E-state index in [9.17, 15) is 0 Å². The van der Waals surface area contributed by atoms with Crippen molar-refractivity contribution in [2.75, 3.05) is 21.3 Å². The normalized spacial score (nSPS) is 11.9. The maximum absolute atomic E-state index is 6.39. The van der Waals surface area contributed by atoms with Gasteiger partial charge < -0.3 is 19.9 Å². The SMILES string of the molecule is COc1cc(OC)cc(C(N)c2cc(OC)ccc2Br)c1. The van der Waals surface area contributed by atoms with Crippen molar-refractivity contribution >= 4 is 15.9 Å². The summed E-state index contributed by atoms with van der Waals surface area (Å²) < 4.78 is 16.8. The molecule has 0 heterocycles. The fourth-order valence-corrected chi connectivity index (χ4v) is 2.57. The number of hydrogen-bond acceptors (Lipinski definition) is 4. The van der Waals surface area contributed by atoms with Gasteiger partial charge in [0.15, 0.2) is 0 Å². The number of ether oxygens (including phenoxy) is 3. The third-order valence-corrected chi connectivity index (χ3v) is 3.99. The van der Waals surface area contributed by atoms with Gasteiger partial charge in [0.25, 0.3) is 0 Å². The quantitative estimate of drug-likeness (QED) is 0.895. The molecule has 0 amide bonds. The van der Waals surface area contributed by atoms with Crippen LogP contribution in [0.2, 0.25) is 0 Å². The molecule has 0 bridgehead atoms. The number of halogens is 1. The highest BCUT2D eigenvalue weighted by molar-refractivity contribution is 9.10. The number of benzene rings is 2. The Morgan fingerprint density at radius 1 is 0.857 bits per heavy atom. The zero-order chi connectivity index (χ0) is 15.4. The van der Waals surface area contributed by atoms with E-state index in [0.29, 0.717) is 11.5 Å². The van der Waals surface area contributed by atoms with Gasteiger partial charge in [0.1, 0.15) is 17.2 Å². The Balaban J connectivity index is 2.46. The summed E-state index contributed by atoms with van der Waals surface area (Å²) >= 11 is 3.53. The molecule has 0 aliphatic heterocycles. The summed E-state index contributed by atoms with van der Waals surface area (Å²) in [6, 6.07) is 11.0. The summed E-state index contributed by atoms with van der Waals surface area (Å²) in [5, 5.41) is 0. The van der Waals surface area contributed by atoms with Gasteiger partial charge in [-0.15, -0.1) is 0 Å². The fraction of sp³-hybridized carbons (Fsp3) is 0.250. The second kappa shape index (κ2) is 6.83. The molecule has 5 heteroatoms. The molecule has 1 atom stereocenters. The Hall–Kier alpha value is -1.72. The molecule has 2 rings (SSSR count). The minimum absolute atomic E-state index is 0.321. The first-order chi connectivity index (χ1) is 10.1. The van der Waals surface area contributed by atoms with Crippen molar-refractivity contribution in [2.24, 2.45) is 5.73 Å². The molecule has 0 spiro atoms. The molecule has 4 nitrogen and oxygen atoms in total. The van der Waals surface area contributed by atoms with E-state index in [1.807, 2.05) is 36.4 Å². The van der Waals surface area contributed by atoms with Gasteiger partial charge in [0, 0.05) is 10.5 Å². The average Bonchev–Trinajstić information content (AvgIpc) is 2.54. The zero-order valence-corrected chi connectivity index (χ0v) is 13.8. The molecular weight excluding hydrogens is 334 g/mol. The monoisotopic (exact) mass is 351 g/mol. The molecule has 2 N–H and O–H groups in total. The Morgan fingerprint density at radius 3 is 1.95 bits per heavy atom. The summed E-state index contributed by atoms with van der Waals surface area (Å²) in [7, 11) is 4.87. The van der Waals surface area contributed by atoms with Crippen LogP contribution in [-0.2, 0) is 0 Å². The van der Waals surface area contributed by atoms with Crippen molar-refractivity contribution in [1.29, 1.82) is 0 Å². The van der Waals surface area contributed by atoms with Crippen LogP contribution in [0.15, 0.2) is 40.9 Å². The van der Waals surface area contributed by atoms with E-state index < -0.39 is 0 Å². The molecule has 0 aromatic heterocycles. The maximum atomic E-state index is 6.39. The van der Waals surface area contributed by atoms with Gasteiger partial charge in [0.05, 0.1) is 27.4 Å². The summed E-state index contributed by atoms with van der Waals surface area (Å²) in [5.41, 5.74) is 8.23. The summed E-state index contributed by atoms with van der Waals surface area (Å²) in [4.78, 5) is 0. The summed E-state index contributed by atoms with van der Waals surface area (Å²) in [6.45, 7) is 0. The van der Waals surface area contributed by atoms with Crippen LogP contribution in [-0.4, -0.2) is 21.3 Å². The average molecular weight is 352 g/mol. The number of nitrogens with two attached hydrogens (primary N) is 1. The fourth-order valence-electron chi connectivity index (χ4n) is 2.08. The lowest BCUT2D eigenvalue weighted by Crippen LogP contribution is -2.13. The highest BCUT2D eigenvalue weighted by atomic mass is 79.9. The van der Waals surface area contributed by atoms with Crippen LogP contribution in [0.4, 0.5) is 0 Å². The van der Waals surface area contributed by atoms with Crippen molar-refractivity contribution < 1.29 is 14.2 Å². The first kappa shape index (κ1) is 15.7. The number of methoxy groups -OCH3 is 3. The maximum Gasteiger partial charge on any atom is 0.122 e. The highest BCUT2D eigenvalue weighted by Crippen LogP contribution is 2.33. The summed E-state index contributed by atoms with van der Waals surface area (Å²) in [5.74, 6) is 2.18. The van der Waals surface area contributed by atoms with E-state index in [1.54, 1.807) is 21.3 Å². The first-order valence-corrected chi connectivity index (χ1v) is 7.20. The Morgan fingerprint density at radius 2 is 1.43 bits per heavy atom. The lowest BCUT2D eigenvalue weighted by molar-refractivity contribution is 0.393. The molecule has 0 aliphatic carbocycles. The van der Waals surface area contributed by atoms with Crippen LogP contribution in [0.5, 0.6) is 17.2 Å². The molecule has 112 valence electrons. The van der Waals surface area contributed by atoms with E-state index in [4.69, 9.17) is 19.9 Å². The van der Waals surface area contributed by atoms with Gasteiger partial charge in [0.2, 0.25) is 0 Å². The minimum atomic E-state index is -0.321. The van der Waals surface area contributed by atoms with Gasteiger partial charge in [-0.2, -0.15) is 0 Å². The van der Waals surface area contributed by atoms with Gasteiger partial charge in [-0.3, -0.25) is 0 Å². The number of hydrogen-bond donors (Lipinski definition) is 1. The lowest BCUT2D eigenvalue weighted by atomic mass is 9.99. The lowest BCUT2D eigenvalue weighted by Gasteiger charge is -2.17. The molecule has 2 aromatic carbocycles. The van der Waals surface area contributed by atoms with Crippen LogP contribution >= 0.6 is 15.9 Å². The van der Waals surface area contributed by atoms with Gasteiger partial charge in [-0.25, -0.2) is 0 Å². The van der Waals surface area contributed by atoms with Crippen LogP contribution in [0.3, 0.4) is 0 Å². The first-order valence-electron chi connectivity index (χ1n) is 6.41. The Labute approximate surface area is 132 Å². The third kappa shape index (κ3) is 3.49. The Kier molecular flexibility index (Phi) is 5.09. The van der Waals surface area contributed by atoms with Crippen LogP contribution in [0, 0.1) is 0 Å². The third-order valence-electron chi connectivity index (χ3n) is 3.27. The van der Waals surface area contributed by atoms with E-state index >= 15 is 0 Å². The smallest absolute Gasteiger partial charge is 0.122 e. The van der Waals surface area contributed by atoms with E-state index in [2.05, 4.69) is 15.9 Å². The van der Waals surface area contributed by atoms with E-state index in [0.717, 1.165) is 21.3 Å². The minimum Gasteiger partial charge on any atom is -0.497 e. The molecule has 0 fully saturated rings. The van der Waals surface area contributed by atoms with Crippen molar-refractivity contribution in [3.63, 3.8) is 0 Å². The van der Waals surface area contributed by atoms with Gasteiger partial charge in [-0.05, 0) is 41.5 Å². The van der Waals surface area contributed by atoms with E-state index in [1.165, 1.54) is 0 Å². The van der Waals surface area contributed by atoms with E-state index in [-0.39, 0.29) is 6.04 Å². The predicted molar refractivity (Wildman–Crippen MR) is 86.3 cm³/mol. The largest absolute Gasteiger partial charge is 0.497 e. The van der Waals surface area contributed by atoms with Gasteiger partial charge in [-0.1, -0.05) is 15.9 Å². The molecule has 0 saturated heterocycles. The van der Waals surface area contributed by atoms with Crippen molar-refractivity contribution in [2.45, 2.75) is 6.04 Å². The van der Waals surface area contributed by atoms with Crippen molar-refractivity contribution in [3.05, 3.63) is 52.0 Å². The predicted octanol–water partition coefficient (Wildman–Crippen LogP) is 3.52. The van der Waals surface area contributed by atoms with Crippen LogP contribution in [0.25, 0.3) is 0 Å². The topological polar surface area (TPSA) is 53.7 Å². The molecular formula is C16H18BrNO3. The molecule has 0 saturated carbocycles. The molecule has 21 heavy (non-hydrogen) atoms. The van der Waals surface area contributed by atoms with Gasteiger partial charge >= 0.3 is 0 Å². The van der Waals surface area contributed by atoms with Crippen LogP contribution < -0.4 is 19.9 Å². The Bertz CT molecular complexity index is 609. The second-order valence-corrected chi connectivity index (χ2v) is 5.37. The molecule has 0 radical (unpaired) electrons. The highest BCUT2D eigenvalue weighted by Gasteiger charge is 2.15.